The van der Waals surface area contributed by atoms with Crippen LogP contribution in [0.15, 0.2) is 48.1 Å². The molecule has 4 aliphatic rings. The first-order chi connectivity index (χ1) is 14.2. The first-order valence-corrected chi connectivity index (χ1v) is 15.1. The van der Waals surface area contributed by atoms with Gasteiger partial charge in [-0.1, -0.05) is 55.5 Å². The van der Waals surface area contributed by atoms with Crippen molar-refractivity contribution in [3.63, 3.8) is 0 Å². The zero-order chi connectivity index (χ0) is 21.2. The molecule has 1 aromatic carbocycles. The third-order valence-electron chi connectivity index (χ3n) is 7.94. The molecular weight excluding hydrogens is 388 g/mol. The molecule has 3 fully saturated rings. The van der Waals surface area contributed by atoms with E-state index in [0.29, 0.717) is 17.8 Å². The van der Waals surface area contributed by atoms with Crippen LogP contribution in [0.25, 0.3) is 6.08 Å². The molecule has 1 spiro atoms. The number of benzene rings is 1. The molecule has 2 aliphatic carbocycles. The molecule has 4 heteroatoms. The van der Waals surface area contributed by atoms with E-state index in [1.165, 1.54) is 11.1 Å². The van der Waals surface area contributed by atoms with Gasteiger partial charge in [0.25, 0.3) is 0 Å². The van der Waals surface area contributed by atoms with E-state index in [1.807, 2.05) is 0 Å². The average molecular weight is 425 g/mol. The van der Waals surface area contributed by atoms with Crippen molar-refractivity contribution >= 4 is 14.4 Å². The molecule has 6 atom stereocenters. The molecule has 1 aromatic rings. The number of hydrogen-bond acceptors (Lipinski definition) is 3. The van der Waals surface area contributed by atoms with Crippen molar-refractivity contribution in [3.05, 3.63) is 53.6 Å². The average Bonchev–Trinajstić information content (AvgIpc) is 3.13. The first-order valence-electron chi connectivity index (χ1n) is 11.7. The van der Waals surface area contributed by atoms with E-state index >= 15 is 0 Å². The second-order valence-electron chi connectivity index (χ2n) is 11.2. The SMILES string of the molecule is C[C@@H]1C[C@H]2[C@@]34CCC=C[C@@H]3C[C@@](CO)(C[C@]2(O[Si](C)(C)C)C1=Cc1ccccc1)O4. The predicted octanol–water partition coefficient (Wildman–Crippen LogP) is 5.58. The summed E-state index contributed by atoms with van der Waals surface area (Å²) in [7, 11) is -1.86. The van der Waals surface area contributed by atoms with Gasteiger partial charge in [0.15, 0.2) is 8.32 Å². The molecule has 30 heavy (non-hydrogen) atoms. The van der Waals surface area contributed by atoms with Crippen LogP contribution >= 0.6 is 0 Å². The number of ether oxygens (including phenoxy) is 1. The van der Waals surface area contributed by atoms with Crippen LogP contribution < -0.4 is 0 Å². The van der Waals surface area contributed by atoms with Crippen LogP contribution in [-0.2, 0) is 9.16 Å². The lowest BCUT2D eigenvalue weighted by Crippen LogP contribution is -2.63. The molecule has 2 bridgehead atoms. The summed E-state index contributed by atoms with van der Waals surface area (Å²) in [5.74, 6) is 1.18. The van der Waals surface area contributed by atoms with Gasteiger partial charge in [0, 0.05) is 18.3 Å². The van der Waals surface area contributed by atoms with E-state index in [4.69, 9.17) is 9.16 Å². The van der Waals surface area contributed by atoms with Crippen molar-refractivity contribution in [3.8, 4) is 0 Å². The van der Waals surface area contributed by atoms with Gasteiger partial charge in [0.2, 0.25) is 0 Å². The highest BCUT2D eigenvalue weighted by molar-refractivity contribution is 6.69. The van der Waals surface area contributed by atoms with Crippen LogP contribution in [0.3, 0.4) is 0 Å². The maximum absolute atomic E-state index is 10.6. The number of aliphatic hydroxyl groups excluding tert-OH is 1. The summed E-state index contributed by atoms with van der Waals surface area (Å²) in [6.07, 6.45) is 12.0. The van der Waals surface area contributed by atoms with Gasteiger partial charge in [-0.3, -0.25) is 0 Å². The van der Waals surface area contributed by atoms with Crippen LogP contribution in [0.2, 0.25) is 19.6 Å². The van der Waals surface area contributed by atoms with E-state index in [-0.39, 0.29) is 17.8 Å². The highest BCUT2D eigenvalue weighted by Crippen LogP contribution is 2.68. The summed E-state index contributed by atoms with van der Waals surface area (Å²) in [5, 5.41) is 10.6. The highest BCUT2D eigenvalue weighted by atomic mass is 28.4. The molecule has 3 nitrogen and oxygen atoms in total. The maximum Gasteiger partial charge on any atom is 0.184 e. The molecule has 1 saturated carbocycles. The summed E-state index contributed by atoms with van der Waals surface area (Å²) < 4.78 is 14.2. The first kappa shape index (κ1) is 20.7. The predicted molar refractivity (Wildman–Crippen MR) is 124 cm³/mol. The van der Waals surface area contributed by atoms with Crippen LogP contribution in [0.5, 0.6) is 0 Å². The Morgan fingerprint density at radius 1 is 1.23 bits per heavy atom. The largest absolute Gasteiger partial charge is 0.408 e. The summed E-state index contributed by atoms with van der Waals surface area (Å²) in [5.41, 5.74) is 1.65. The van der Waals surface area contributed by atoms with E-state index in [9.17, 15) is 5.11 Å². The monoisotopic (exact) mass is 424 g/mol. The van der Waals surface area contributed by atoms with Crippen molar-refractivity contribution in [2.75, 3.05) is 6.61 Å². The van der Waals surface area contributed by atoms with Gasteiger partial charge in [-0.25, -0.2) is 0 Å². The third-order valence-corrected chi connectivity index (χ3v) is 8.92. The van der Waals surface area contributed by atoms with Crippen LogP contribution in [0, 0.1) is 17.8 Å². The summed E-state index contributed by atoms with van der Waals surface area (Å²) in [6.45, 7) is 9.37. The maximum atomic E-state index is 10.6. The zero-order valence-electron chi connectivity index (χ0n) is 18.9. The van der Waals surface area contributed by atoms with Crippen molar-refractivity contribution in [2.24, 2.45) is 17.8 Å². The number of allylic oxidation sites excluding steroid dienone is 1. The Bertz CT molecular complexity index is 872. The van der Waals surface area contributed by atoms with Gasteiger partial charge in [-0.15, -0.1) is 0 Å². The number of rotatable bonds is 4. The van der Waals surface area contributed by atoms with Gasteiger partial charge >= 0.3 is 0 Å². The second kappa shape index (κ2) is 6.90. The Hall–Kier alpha value is -1.20. The van der Waals surface area contributed by atoms with Gasteiger partial charge in [0.05, 0.1) is 23.4 Å². The normalized spacial score (nSPS) is 43.6. The number of aliphatic hydroxyl groups is 1. The fourth-order valence-electron chi connectivity index (χ4n) is 7.19. The Labute approximate surface area is 182 Å². The van der Waals surface area contributed by atoms with Crippen molar-refractivity contribution in [2.45, 2.75) is 75.5 Å². The summed E-state index contributed by atoms with van der Waals surface area (Å²) in [4.78, 5) is 0. The fraction of sp³-hybridized carbons (Fsp3) is 0.615. The Balaban J connectivity index is 1.70. The van der Waals surface area contributed by atoms with E-state index < -0.39 is 13.9 Å². The minimum absolute atomic E-state index is 0.0790. The van der Waals surface area contributed by atoms with Crippen LogP contribution in [0.1, 0.15) is 44.6 Å². The van der Waals surface area contributed by atoms with E-state index in [1.54, 1.807) is 0 Å². The molecule has 0 radical (unpaired) electrons. The van der Waals surface area contributed by atoms with Crippen molar-refractivity contribution in [1.82, 2.24) is 0 Å². The molecule has 0 aromatic heterocycles. The Morgan fingerprint density at radius 3 is 2.70 bits per heavy atom. The molecule has 0 unspecified atom stereocenters. The topological polar surface area (TPSA) is 38.7 Å². The molecule has 0 amide bonds. The third kappa shape index (κ3) is 3.02. The lowest BCUT2D eigenvalue weighted by atomic mass is 9.66. The van der Waals surface area contributed by atoms with Crippen molar-refractivity contribution in [1.29, 1.82) is 0 Å². The minimum atomic E-state index is -1.86. The Kier molecular flexibility index (Phi) is 4.76. The molecule has 2 aliphatic heterocycles. The Morgan fingerprint density at radius 2 is 2.00 bits per heavy atom. The van der Waals surface area contributed by atoms with Gasteiger partial charge in [-0.2, -0.15) is 0 Å². The molecule has 1 N–H and O–H groups in total. The summed E-state index contributed by atoms with van der Waals surface area (Å²) >= 11 is 0. The lowest BCUT2D eigenvalue weighted by molar-refractivity contribution is -0.238. The smallest absolute Gasteiger partial charge is 0.184 e. The molecule has 5 rings (SSSR count). The molecule has 2 saturated heterocycles. The fourth-order valence-corrected chi connectivity index (χ4v) is 8.61. The van der Waals surface area contributed by atoms with Crippen LogP contribution in [0.4, 0.5) is 0 Å². The number of hydrogen-bond donors (Lipinski definition) is 1. The molecule has 2 heterocycles. The molecular formula is C26H36O3Si. The zero-order valence-corrected chi connectivity index (χ0v) is 19.9. The van der Waals surface area contributed by atoms with Gasteiger partial charge in [-0.05, 0) is 62.4 Å². The highest BCUT2D eigenvalue weighted by Gasteiger charge is 2.73. The number of fused-ring (bicyclic) bond motifs is 2. The summed E-state index contributed by atoms with van der Waals surface area (Å²) in [6, 6.07) is 10.7. The van der Waals surface area contributed by atoms with E-state index in [0.717, 1.165) is 32.1 Å². The van der Waals surface area contributed by atoms with Gasteiger partial charge in [0.1, 0.15) is 0 Å². The van der Waals surface area contributed by atoms with Crippen molar-refractivity contribution < 1.29 is 14.3 Å². The molecule has 162 valence electrons. The second-order valence-corrected chi connectivity index (χ2v) is 15.6. The minimum Gasteiger partial charge on any atom is -0.408 e. The lowest BCUT2D eigenvalue weighted by Gasteiger charge is -2.56. The standard InChI is InChI=1S/C26H36O3Si/c1-19-14-23-25-13-9-8-12-21(25)16-24(18-27,28-25)17-26(23,29-30(2,3)4)22(19)15-20-10-6-5-7-11-20/h5-8,10-12,15,19,21,23,27H,9,13-14,16-18H2,1-4H3/t19-,21-,23+,24+,25-,26+/m1/s1. The van der Waals surface area contributed by atoms with E-state index in [2.05, 4.69) is 75.1 Å². The van der Waals surface area contributed by atoms with Crippen LogP contribution in [-0.4, -0.2) is 36.8 Å². The van der Waals surface area contributed by atoms with Gasteiger partial charge < -0.3 is 14.3 Å². The quantitative estimate of drug-likeness (QED) is 0.507.